The number of aliphatic hydroxyl groups is 2. The molecule has 0 bridgehead atoms. The molecule has 230 valence electrons. The first-order valence-electron chi connectivity index (χ1n) is 12.9. The lowest BCUT2D eigenvalue weighted by molar-refractivity contribution is -0.149. The first-order valence-corrected chi connectivity index (χ1v) is 12.9. The zero-order valence-corrected chi connectivity index (χ0v) is 22.8. The third-order valence-corrected chi connectivity index (χ3v) is 6.72. The fourth-order valence-corrected chi connectivity index (χ4v) is 4.45. The predicted molar refractivity (Wildman–Crippen MR) is 150 cm³/mol. The Bertz CT molecular complexity index is 1750. The van der Waals surface area contributed by atoms with Crippen LogP contribution >= 0.6 is 0 Å². The van der Waals surface area contributed by atoms with Crippen molar-refractivity contribution in [3.05, 3.63) is 60.2 Å². The molecule has 0 spiro atoms. The number of aromatic hydroxyl groups is 6. The number of phenols is 6. The van der Waals surface area contributed by atoms with Gasteiger partial charge < -0.3 is 59.8 Å². The van der Waals surface area contributed by atoms with Gasteiger partial charge in [-0.05, 0) is 23.8 Å². The largest absolute Gasteiger partial charge is 0.507 e. The van der Waals surface area contributed by atoms with Crippen LogP contribution in [0, 0.1) is 0 Å². The number of fused-ring (bicyclic) bond motifs is 1. The smallest absolute Gasteiger partial charge is 0.402 e. The summed E-state index contributed by atoms with van der Waals surface area (Å²) in [6.45, 7) is -0.486. The van der Waals surface area contributed by atoms with E-state index in [4.69, 9.17) is 23.4 Å². The summed E-state index contributed by atoms with van der Waals surface area (Å²) in [6, 6.07) is 9.95. The van der Waals surface area contributed by atoms with Gasteiger partial charge in [-0.15, -0.1) is 0 Å². The van der Waals surface area contributed by atoms with Crippen LogP contribution in [0.2, 0.25) is 0 Å². The van der Waals surface area contributed by atoms with Crippen molar-refractivity contribution in [1.82, 2.24) is 0 Å². The summed E-state index contributed by atoms with van der Waals surface area (Å²) in [5.74, 6) is -3.70. The first-order chi connectivity index (χ1) is 20.9. The average Bonchev–Trinajstić information content (AvgIpc) is 3.25. The molecule has 0 aliphatic carbocycles. The van der Waals surface area contributed by atoms with E-state index in [-0.39, 0.29) is 56.8 Å². The predicted octanol–water partition coefficient (Wildman–Crippen LogP) is 2.71. The highest BCUT2D eigenvalue weighted by atomic mass is 16.7. The number of rotatable bonds is 8. The number of esters is 1. The SMILES string of the molecule is COc1cc(-c2[o+]c3cc(O)cc(O)c3cc2OC2OC(COC(=O)/C=C/c3ccc(O)c(O)c3)C(O)C2O)cc(O)c1O. The molecule has 44 heavy (non-hydrogen) atoms. The Hall–Kier alpha value is -5.44. The third-order valence-electron chi connectivity index (χ3n) is 6.72. The molecule has 1 aromatic heterocycles. The summed E-state index contributed by atoms with van der Waals surface area (Å²) in [5.41, 5.74) is 0.518. The molecule has 8 N–H and O–H groups in total. The summed E-state index contributed by atoms with van der Waals surface area (Å²) in [5, 5.41) is 80.9. The maximum atomic E-state index is 12.2. The maximum Gasteiger partial charge on any atom is 0.402 e. The highest BCUT2D eigenvalue weighted by Gasteiger charge is 2.46. The molecule has 0 saturated carbocycles. The van der Waals surface area contributed by atoms with Crippen LogP contribution in [0.4, 0.5) is 0 Å². The number of hydrogen-bond acceptors (Lipinski definition) is 13. The van der Waals surface area contributed by atoms with Crippen LogP contribution in [0.25, 0.3) is 28.4 Å². The van der Waals surface area contributed by atoms with Crippen LogP contribution in [0.1, 0.15) is 5.56 Å². The minimum absolute atomic E-state index is 0.00432. The van der Waals surface area contributed by atoms with Gasteiger partial charge in [0.05, 0.1) is 18.7 Å². The van der Waals surface area contributed by atoms with Crippen LogP contribution in [-0.4, -0.2) is 85.1 Å². The van der Waals surface area contributed by atoms with E-state index in [1.165, 1.54) is 49.6 Å². The molecule has 4 unspecified atom stereocenters. The highest BCUT2D eigenvalue weighted by molar-refractivity contribution is 5.89. The van der Waals surface area contributed by atoms with Crippen LogP contribution in [0.3, 0.4) is 0 Å². The standard InChI is InChI=1S/C30H26O14/c1-40-22-8-14(7-20(35)26(22)37)29-23(11-16-18(33)9-15(31)10-21(16)42-29)43-30-28(39)27(38)24(44-30)12-41-25(36)5-3-13-2-4-17(32)19(34)6-13/h2-11,24,27-28,30,38-39H,12H2,1H3,(H5-,31,32,33,34,35,36,37)/p+1. The van der Waals surface area contributed by atoms with Crippen molar-refractivity contribution in [1.29, 1.82) is 0 Å². The Morgan fingerprint density at radius 1 is 0.886 bits per heavy atom. The van der Waals surface area contributed by atoms with Gasteiger partial charge >= 0.3 is 17.3 Å². The molecule has 3 aromatic carbocycles. The van der Waals surface area contributed by atoms with E-state index in [0.29, 0.717) is 5.56 Å². The Labute approximate surface area is 248 Å². The van der Waals surface area contributed by atoms with Crippen molar-refractivity contribution in [2.45, 2.75) is 24.6 Å². The third kappa shape index (κ3) is 6.03. The summed E-state index contributed by atoms with van der Waals surface area (Å²) in [6.07, 6.45) is -3.60. The normalized spacial score (nSPS) is 19.8. The van der Waals surface area contributed by atoms with Crippen LogP contribution < -0.4 is 9.47 Å². The van der Waals surface area contributed by atoms with E-state index in [0.717, 1.165) is 18.2 Å². The van der Waals surface area contributed by atoms with Gasteiger partial charge in [0.15, 0.2) is 23.0 Å². The lowest BCUT2D eigenvalue weighted by Crippen LogP contribution is -2.36. The molecule has 14 nitrogen and oxygen atoms in total. The van der Waals surface area contributed by atoms with E-state index >= 15 is 0 Å². The molecule has 5 rings (SSSR count). The molecule has 2 heterocycles. The van der Waals surface area contributed by atoms with Crippen molar-refractivity contribution < 1.29 is 69.0 Å². The molecule has 1 aliphatic heterocycles. The topological polar surface area (TPSA) is 227 Å². The van der Waals surface area contributed by atoms with E-state index in [1.54, 1.807) is 0 Å². The molecular weight excluding hydrogens is 584 g/mol. The Morgan fingerprint density at radius 2 is 1.66 bits per heavy atom. The fraction of sp³-hybridized carbons (Fsp3) is 0.200. The highest BCUT2D eigenvalue weighted by Crippen LogP contribution is 2.45. The Balaban J connectivity index is 1.38. The number of phenolic OH excluding ortho intramolecular Hbond substituents is 6. The number of methoxy groups -OCH3 is 1. The van der Waals surface area contributed by atoms with Gasteiger partial charge in [0.1, 0.15) is 41.8 Å². The molecule has 14 heteroatoms. The molecular formula is C30H27O14+. The van der Waals surface area contributed by atoms with Gasteiger partial charge in [0.2, 0.25) is 17.8 Å². The first kappa shape index (κ1) is 30.0. The van der Waals surface area contributed by atoms with Gasteiger partial charge in [0, 0.05) is 30.3 Å². The van der Waals surface area contributed by atoms with Crippen molar-refractivity contribution >= 4 is 23.0 Å². The fourth-order valence-electron chi connectivity index (χ4n) is 4.45. The second-order valence-electron chi connectivity index (χ2n) is 9.72. The lowest BCUT2D eigenvalue weighted by Gasteiger charge is -2.16. The molecule has 0 amide bonds. The van der Waals surface area contributed by atoms with Crippen LogP contribution in [0.15, 0.2) is 59.0 Å². The van der Waals surface area contributed by atoms with E-state index in [2.05, 4.69) is 0 Å². The molecule has 4 atom stereocenters. The second-order valence-corrected chi connectivity index (χ2v) is 9.72. The zero-order chi connectivity index (χ0) is 31.7. The monoisotopic (exact) mass is 611 g/mol. The summed E-state index contributed by atoms with van der Waals surface area (Å²) < 4.78 is 27.6. The number of carbonyl (C=O) groups is 1. The zero-order valence-electron chi connectivity index (χ0n) is 22.8. The van der Waals surface area contributed by atoms with Crippen molar-refractivity contribution in [3.8, 4) is 57.3 Å². The van der Waals surface area contributed by atoms with Gasteiger partial charge in [0.25, 0.3) is 0 Å². The lowest BCUT2D eigenvalue weighted by atomic mass is 10.1. The average molecular weight is 612 g/mol. The van der Waals surface area contributed by atoms with Crippen molar-refractivity contribution in [3.63, 3.8) is 0 Å². The van der Waals surface area contributed by atoms with Crippen LogP contribution in [0.5, 0.6) is 46.0 Å². The number of aliphatic hydroxyl groups excluding tert-OH is 2. The molecule has 4 aromatic rings. The molecule has 1 saturated heterocycles. The number of carbonyl (C=O) groups excluding carboxylic acids is 1. The second kappa shape index (κ2) is 12.0. The minimum atomic E-state index is -1.64. The number of ether oxygens (including phenoxy) is 4. The number of benzene rings is 3. The number of hydrogen-bond donors (Lipinski definition) is 8. The van der Waals surface area contributed by atoms with E-state index in [9.17, 15) is 45.6 Å². The summed E-state index contributed by atoms with van der Waals surface area (Å²) in [7, 11) is 1.26. The van der Waals surface area contributed by atoms with Crippen molar-refractivity contribution in [2.24, 2.45) is 0 Å². The van der Waals surface area contributed by atoms with Gasteiger partial charge in [-0.25, -0.2) is 9.21 Å². The molecule has 1 aliphatic rings. The quantitative estimate of drug-likeness (QED) is 0.0620. The van der Waals surface area contributed by atoms with Gasteiger partial charge in [-0.3, -0.25) is 0 Å². The van der Waals surface area contributed by atoms with Crippen LogP contribution in [-0.2, 0) is 14.3 Å². The van der Waals surface area contributed by atoms with E-state index < -0.39 is 48.7 Å². The Kier molecular flexibility index (Phi) is 8.22. The Morgan fingerprint density at radius 3 is 2.39 bits per heavy atom. The van der Waals surface area contributed by atoms with Gasteiger partial charge in [-0.2, -0.15) is 0 Å². The molecule has 0 radical (unpaired) electrons. The molecule has 1 fully saturated rings. The van der Waals surface area contributed by atoms with Crippen molar-refractivity contribution in [2.75, 3.05) is 13.7 Å². The minimum Gasteiger partial charge on any atom is -0.507 e. The summed E-state index contributed by atoms with van der Waals surface area (Å²) in [4.78, 5) is 12.2. The van der Waals surface area contributed by atoms with Gasteiger partial charge in [-0.1, -0.05) is 6.07 Å². The van der Waals surface area contributed by atoms with E-state index in [1.807, 2.05) is 0 Å². The maximum absolute atomic E-state index is 12.2. The summed E-state index contributed by atoms with van der Waals surface area (Å²) >= 11 is 0.